The molecule has 12 aromatic rings. The molecule has 3 amide bonds. The van der Waals surface area contributed by atoms with Gasteiger partial charge < -0.3 is 30.6 Å². The number of pyridine rings is 2. The summed E-state index contributed by atoms with van der Waals surface area (Å²) >= 11 is 0. The fraction of sp³-hybridized carbons (Fsp3) is 0.108. The maximum Gasteiger partial charge on any atom is 0.267 e. The summed E-state index contributed by atoms with van der Waals surface area (Å²) in [6, 6.07) is 38.9. The number of nitriles is 1. The SMILES string of the molecule is CN(C)c1ccc(S(=O)(=O)c2ccc(CNC(=O)c3cnc4nccn4c3)cc2)cn1.N#Cc1cccc(S(=O)(=O)c2ccc(CNC(=O)c3cc4cnccc4[nH]3)cc2)c1.O=C(NCc1ccc(S(=O)(=O)c2cccc3c2OCC3)cc1)c1cnc2nccn2c1. The minimum absolute atomic E-state index is 0.0657. The van der Waals surface area contributed by atoms with Crippen LogP contribution in [0.15, 0.2) is 237 Å². The van der Waals surface area contributed by atoms with Gasteiger partial charge in [0.25, 0.3) is 17.7 Å². The number of aromatic amines is 1. The number of carbonyl (C=O) groups excluding carboxylic acids is 3. The summed E-state index contributed by atoms with van der Waals surface area (Å²) < 4.78 is 86.2. The van der Waals surface area contributed by atoms with Crippen LogP contribution in [-0.4, -0.2) is 107 Å². The van der Waals surface area contributed by atoms with Gasteiger partial charge in [0.05, 0.1) is 53.8 Å². The van der Waals surface area contributed by atoms with Crippen molar-refractivity contribution >= 4 is 75.5 Å². The maximum absolute atomic E-state index is 13.1. The van der Waals surface area contributed by atoms with E-state index in [-0.39, 0.29) is 72.3 Å². The van der Waals surface area contributed by atoms with E-state index < -0.39 is 29.5 Å². The second kappa shape index (κ2) is 26.7. The Kier molecular flexibility index (Phi) is 18.0. The maximum atomic E-state index is 13.1. The molecule has 462 valence electrons. The number of carbonyl (C=O) groups is 3. The number of hydrogen-bond acceptors (Lipinski definition) is 18. The number of H-pyrrole nitrogens is 1. The Labute approximate surface area is 527 Å². The molecule has 24 nitrogen and oxygen atoms in total. The highest BCUT2D eigenvalue weighted by Crippen LogP contribution is 2.36. The van der Waals surface area contributed by atoms with E-state index in [1.165, 1.54) is 67.1 Å². The van der Waals surface area contributed by atoms with Crippen LogP contribution in [0.2, 0.25) is 0 Å². The average Bonchev–Trinajstić information content (AvgIpc) is 1.27. The van der Waals surface area contributed by atoms with Gasteiger partial charge in [-0.25, -0.2) is 50.2 Å². The van der Waals surface area contributed by atoms with Crippen LogP contribution in [0.25, 0.3) is 22.5 Å². The molecule has 7 aromatic heterocycles. The Morgan fingerprint density at radius 3 is 1.63 bits per heavy atom. The highest BCUT2D eigenvalue weighted by atomic mass is 32.2. The number of aromatic nitrogens is 9. The number of amides is 3. The first-order valence-electron chi connectivity index (χ1n) is 28.1. The molecular weight excluding hydrogens is 1230 g/mol. The lowest BCUT2D eigenvalue weighted by Gasteiger charge is -2.12. The van der Waals surface area contributed by atoms with Crippen LogP contribution in [0.5, 0.6) is 5.75 Å². The van der Waals surface area contributed by atoms with Gasteiger partial charge in [0.15, 0.2) is 0 Å². The van der Waals surface area contributed by atoms with Crippen LogP contribution < -0.4 is 25.6 Å². The van der Waals surface area contributed by atoms with E-state index >= 15 is 0 Å². The minimum Gasteiger partial charge on any atom is -0.492 e. The second-order valence-corrected chi connectivity index (χ2v) is 26.6. The zero-order valence-electron chi connectivity index (χ0n) is 48.9. The molecule has 5 aromatic carbocycles. The molecule has 8 heterocycles. The molecule has 1 aliphatic heterocycles. The third-order valence-electron chi connectivity index (χ3n) is 14.5. The smallest absolute Gasteiger partial charge is 0.267 e. The first-order chi connectivity index (χ1) is 44.3. The molecule has 0 bridgehead atoms. The van der Waals surface area contributed by atoms with Crippen LogP contribution in [0.1, 0.15) is 59.0 Å². The predicted octanol–water partition coefficient (Wildman–Crippen LogP) is 7.58. The Morgan fingerprint density at radius 2 is 1.10 bits per heavy atom. The Hall–Kier alpha value is -11.5. The monoisotopic (exact) mass is 1290 g/mol. The summed E-state index contributed by atoms with van der Waals surface area (Å²) in [4.78, 5) is 67.4. The van der Waals surface area contributed by atoms with Gasteiger partial charge in [-0.3, -0.25) is 28.2 Å². The van der Waals surface area contributed by atoms with Crippen LogP contribution >= 0.6 is 0 Å². The van der Waals surface area contributed by atoms with Crippen LogP contribution in [-0.2, 0) is 55.6 Å². The normalized spacial score (nSPS) is 11.9. The van der Waals surface area contributed by atoms with Gasteiger partial charge in [-0.05, 0) is 107 Å². The van der Waals surface area contributed by atoms with Crippen molar-refractivity contribution in [2.24, 2.45) is 0 Å². The summed E-state index contributed by atoms with van der Waals surface area (Å²) in [5.41, 5.74) is 5.54. The summed E-state index contributed by atoms with van der Waals surface area (Å²) in [5, 5.41) is 18.2. The number of hydrogen-bond donors (Lipinski definition) is 4. The molecule has 4 N–H and O–H groups in total. The van der Waals surface area contributed by atoms with Crippen molar-refractivity contribution in [2.45, 2.75) is 55.4 Å². The van der Waals surface area contributed by atoms with Crippen molar-refractivity contribution in [1.82, 2.24) is 59.6 Å². The fourth-order valence-electron chi connectivity index (χ4n) is 9.49. The van der Waals surface area contributed by atoms with Crippen molar-refractivity contribution in [2.75, 3.05) is 25.6 Å². The van der Waals surface area contributed by atoms with E-state index in [0.717, 1.165) is 33.2 Å². The van der Waals surface area contributed by atoms with E-state index in [1.54, 1.807) is 148 Å². The molecule has 0 radical (unpaired) electrons. The molecule has 1 aliphatic rings. The number of rotatable bonds is 16. The minimum atomic E-state index is -3.73. The first kappa shape index (κ1) is 62.1. The van der Waals surface area contributed by atoms with Gasteiger partial charge in [-0.2, -0.15) is 5.26 Å². The number of benzene rings is 5. The van der Waals surface area contributed by atoms with Gasteiger partial charge in [0, 0.05) is 119 Å². The number of fused-ring (bicyclic) bond motifs is 4. The van der Waals surface area contributed by atoms with E-state index in [0.29, 0.717) is 53.0 Å². The zero-order valence-corrected chi connectivity index (χ0v) is 51.4. The topological polar surface area (TPSA) is 328 Å². The van der Waals surface area contributed by atoms with Crippen molar-refractivity contribution in [3.8, 4) is 11.8 Å². The third kappa shape index (κ3) is 13.9. The number of sulfone groups is 3. The van der Waals surface area contributed by atoms with Crippen LogP contribution in [0.3, 0.4) is 0 Å². The quantitative estimate of drug-likeness (QED) is 0.0724. The summed E-state index contributed by atoms with van der Waals surface area (Å²) in [6.45, 7) is 1.24. The molecule has 0 saturated heterocycles. The molecule has 27 heteroatoms. The molecule has 0 fully saturated rings. The Morgan fingerprint density at radius 1 is 0.565 bits per heavy atom. The molecule has 92 heavy (non-hydrogen) atoms. The Balaban J connectivity index is 0.000000141. The van der Waals surface area contributed by atoms with Gasteiger partial charge >= 0.3 is 0 Å². The van der Waals surface area contributed by atoms with Crippen molar-refractivity contribution in [3.63, 3.8) is 0 Å². The zero-order chi connectivity index (χ0) is 64.6. The fourth-order valence-corrected chi connectivity index (χ4v) is 13.4. The standard InChI is InChI=1S/C22H18N4O4S.C22H16N4O3S.C21H20N6O3S/c27-21(17-13-25-22-23-9-10-26(22)14-17)24-12-15-4-6-18(7-5-15)31(28,29)19-3-1-2-16-8-11-30-20(16)19;23-12-16-2-1-3-19(10-16)30(28,29)18-6-4-15(5-7-18)13-25-22(27)21-11-17-14-24-9-8-20(17)26-21;1-26(2)19-8-7-18(13-23-19)31(29,30)17-5-3-15(4-6-17)11-24-20(28)16-12-25-21-22-9-10-27(21)14-16/h1-7,9-10,13-14H,8,11-12H2,(H,24,27);1-11,14,26H,13H2,(H,25,27);3-10,12-14H,11H2,1-2H3,(H,24,28). The van der Waals surface area contributed by atoms with Gasteiger partial charge in [-0.1, -0.05) is 54.6 Å². The number of nitrogens with one attached hydrogen (secondary N) is 4. The number of para-hydroxylation sites is 1. The van der Waals surface area contributed by atoms with Crippen molar-refractivity contribution in [1.29, 1.82) is 5.26 Å². The highest BCUT2D eigenvalue weighted by Gasteiger charge is 2.27. The van der Waals surface area contributed by atoms with Gasteiger partial charge in [-0.15, -0.1) is 0 Å². The molecule has 0 atom stereocenters. The lowest BCUT2D eigenvalue weighted by atomic mass is 10.2. The average molecular weight is 1290 g/mol. The van der Waals surface area contributed by atoms with E-state index in [9.17, 15) is 39.6 Å². The van der Waals surface area contributed by atoms with Crippen molar-refractivity contribution < 1.29 is 44.4 Å². The largest absolute Gasteiger partial charge is 0.492 e. The number of ether oxygens (including phenoxy) is 1. The highest BCUT2D eigenvalue weighted by molar-refractivity contribution is 7.92. The second-order valence-electron chi connectivity index (χ2n) is 20.8. The lowest BCUT2D eigenvalue weighted by Crippen LogP contribution is -2.23. The van der Waals surface area contributed by atoms with Crippen molar-refractivity contribution in [3.05, 3.63) is 252 Å². The molecule has 0 spiro atoms. The first-order valence-corrected chi connectivity index (χ1v) is 32.5. The van der Waals surface area contributed by atoms with Gasteiger partial charge in [0.2, 0.25) is 41.1 Å². The molecule has 13 rings (SSSR count). The summed E-state index contributed by atoms with van der Waals surface area (Å²) in [6.07, 6.45) is 18.2. The molecular formula is C65H54N14O10S3. The van der Waals surface area contributed by atoms with E-state index in [4.69, 9.17) is 10.00 Å². The van der Waals surface area contributed by atoms with Crippen LogP contribution in [0.4, 0.5) is 5.82 Å². The summed E-state index contributed by atoms with van der Waals surface area (Å²) in [7, 11) is -7.43. The van der Waals surface area contributed by atoms with Crippen LogP contribution in [0, 0.1) is 11.3 Å². The van der Waals surface area contributed by atoms with Gasteiger partial charge in [0.1, 0.15) is 22.2 Å². The summed E-state index contributed by atoms with van der Waals surface area (Å²) in [5.74, 6) is 1.32. The lowest BCUT2D eigenvalue weighted by molar-refractivity contribution is 0.0940. The predicted molar refractivity (Wildman–Crippen MR) is 337 cm³/mol. The molecule has 0 aliphatic carbocycles. The number of anilines is 1. The number of nitrogens with zero attached hydrogens (tertiary/aromatic N) is 10. The number of imidazole rings is 2. The third-order valence-corrected chi connectivity index (χ3v) is 19.8. The Bertz CT molecular complexity index is 5100. The molecule has 0 unspecified atom stereocenters. The van der Waals surface area contributed by atoms with E-state index in [2.05, 4.69) is 50.8 Å². The van der Waals surface area contributed by atoms with E-state index in [1.807, 2.05) is 26.2 Å². The molecule has 0 saturated carbocycles.